The van der Waals surface area contributed by atoms with Crippen LogP contribution in [0.15, 0.2) is 0 Å². The average Bonchev–Trinajstić information content (AvgIpc) is 2.28. The number of amides is 1. The molecule has 1 fully saturated rings. The highest BCUT2D eigenvalue weighted by molar-refractivity contribution is 5.85. The Bertz CT molecular complexity index is 240. The molecule has 0 aliphatic heterocycles. The van der Waals surface area contributed by atoms with E-state index in [2.05, 4.69) is 13.8 Å². The van der Waals surface area contributed by atoms with Crippen LogP contribution in [0.25, 0.3) is 0 Å². The maximum absolute atomic E-state index is 12.1. The van der Waals surface area contributed by atoms with Crippen molar-refractivity contribution >= 4 is 18.3 Å². The number of nitrogens with zero attached hydrogens (tertiary/aromatic N) is 1. The Labute approximate surface area is 118 Å². The van der Waals surface area contributed by atoms with Crippen molar-refractivity contribution in [2.45, 2.75) is 58.4 Å². The molecule has 0 heterocycles. The van der Waals surface area contributed by atoms with Gasteiger partial charge in [0.2, 0.25) is 5.91 Å². The van der Waals surface area contributed by atoms with Crippen LogP contribution >= 0.6 is 12.4 Å². The van der Waals surface area contributed by atoms with Gasteiger partial charge in [-0.3, -0.25) is 4.79 Å². The van der Waals surface area contributed by atoms with Crippen molar-refractivity contribution in [3.8, 4) is 0 Å². The van der Waals surface area contributed by atoms with Crippen molar-refractivity contribution in [1.29, 1.82) is 0 Å². The van der Waals surface area contributed by atoms with E-state index in [1.807, 2.05) is 11.9 Å². The predicted molar refractivity (Wildman–Crippen MR) is 78.9 cm³/mol. The van der Waals surface area contributed by atoms with E-state index in [4.69, 9.17) is 5.73 Å². The van der Waals surface area contributed by atoms with Crippen molar-refractivity contribution in [2.24, 2.45) is 17.6 Å². The van der Waals surface area contributed by atoms with Gasteiger partial charge in [-0.25, -0.2) is 0 Å². The van der Waals surface area contributed by atoms with Gasteiger partial charge in [0.05, 0.1) is 6.04 Å². The van der Waals surface area contributed by atoms with Crippen LogP contribution in [0.1, 0.15) is 52.4 Å². The minimum atomic E-state index is -0.316. The first kappa shape index (κ1) is 17.7. The summed E-state index contributed by atoms with van der Waals surface area (Å²) in [4.78, 5) is 13.9. The number of hydrogen-bond donors (Lipinski definition) is 1. The number of carbonyl (C=O) groups excluding carboxylic acids is 1. The van der Waals surface area contributed by atoms with E-state index in [9.17, 15) is 4.79 Å². The SMILES string of the molecule is CC(C)C[C@H](N)C(=O)N(C)CC1CCCCC1.Cl. The maximum Gasteiger partial charge on any atom is 0.239 e. The van der Waals surface area contributed by atoms with Crippen LogP contribution in [0.2, 0.25) is 0 Å². The summed E-state index contributed by atoms with van der Waals surface area (Å²) in [6, 6.07) is -0.316. The summed E-state index contributed by atoms with van der Waals surface area (Å²) in [5, 5.41) is 0. The van der Waals surface area contributed by atoms with Crippen LogP contribution in [0.5, 0.6) is 0 Å². The molecule has 3 nitrogen and oxygen atoms in total. The van der Waals surface area contributed by atoms with Gasteiger partial charge in [0, 0.05) is 13.6 Å². The second-order valence-electron chi connectivity index (χ2n) is 5.96. The molecule has 1 aliphatic rings. The van der Waals surface area contributed by atoms with E-state index < -0.39 is 0 Å². The fourth-order valence-corrected chi connectivity index (χ4v) is 2.74. The lowest BCUT2D eigenvalue weighted by Crippen LogP contribution is -2.44. The van der Waals surface area contributed by atoms with Gasteiger partial charge >= 0.3 is 0 Å². The first-order valence-corrected chi connectivity index (χ1v) is 7.01. The summed E-state index contributed by atoms with van der Waals surface area (Å²) in [7, 11) is 1.90. The molecule has 0 bridgehead atoms. The monoisotopic (exact) mass is 276 g/mol. The smallest absolute Gasteiger partial charge is 0.239 e. The number of hydrogen-bond acceptors (Lipinski definition) is 2. The fourth-order valence-electron chi connectivity index (χ4n) is 2.74. The highest BCUT2D eigenvalue weighted by Crippen LogP contribution is 2.24. The van der Waals surface area contributed by atoms with Crippen LogP contribution in [-0.4, -0.2) is 30.4 Å². The molecule has 0 aromatic carbocycles. The summed E-state index contributed by atoms with van der Waals surface area (Å²) >= 11 is 0. The zero-order chi connectivity index (χ0) is 12.8. The minimum Gasteiger partial charge on any atom is -0.344 e. The van der Waals surface area contributed by atoms with E-state index >= 15 is 0 Å². The van der Waals surface area contributed by atoms with Crippen molar-refractivity contribution in [2.75, 3.05) is 13.6 Å². The molecule has 0 unspecified atom stereocenters. The Morgan fingerprint density at radius 2 is 1.83 bits per heavy atom. The standard InChI is InChI=1S/C14H28N2O.ClH/c1-11(2)9-13(15)14(17)16(3)10-12-7-5-4-6-8-12;/h11-13H,4-10,15H2,1-3H3;1H/t13-;/m0./s1. The number of rotatable bonds is 5. The molecule has 18 heavy (non-hydrogen) atoms. The van der Waals surface area contributed by atoms with Gasteiger partial charge in [0.25, 0.3) is 0 Å². The molecule has 1 atom stereocenters. The highest BCUT2D eigenvalue weighted by atomic mass is 35.5. The maximum atomic E-state index is 12.1. The lowest BCUT2D eigenvalue weighted by atomic mass is 9.89. The van der Waals surface area contributed by atoms with Gasteiger partial charge in [-0.05, 0) is 31.1 Å². The Balaban J connectivity index is 0.00000289. The van der Waals surface area contributed by atoms with E-state index in [1.165, 1.54) is 32.1 Å². The zero-order valence-electron chi connectivity index (χ0n) is 12.0. The lowest BCUT2D eigenvalue weighted by Gasteiger charge is -2.29. The molecule has 108 valence electrons. The lowest BCUT2D eigenvalue weighted by molar-refractivity contribution is -0.132. The third-order valence-corrected chi connectivity index (χ3v) is 3.68. The second kappa shape index (κ2) is 8.76. The predicted octanol–water partition coefficient (Wildman–Crippen LogP) is 2.82. The molecule has 0 spiro atoms. The normalized spacial score (nSPS) is 18.3. The number of carbonyl (C=O) groups is 1. The first-order valence-electron chi connectivity index (χ1n) is 7.01. The molecular formula is C14H29ClN2O. The summed E-state index contributed by atoms with van der Waals surface area (Å²) in [6.45, 7) is 5.10. The summed E-state index contributed by atoms with van der Waals surface area (Å²) in [5.41, 5.74) is 5.93. The molecule has 0 aromatic rings. The van der Waals surface area contributed by atoms with Crippen molar-refractivity contribution in [3.63, 3.8) is 0 Å². The van der Waals surface area contributed by atoms with E-state index in [0.29, 0.717) is 11.8 Å². The van der Waals surface area contributed by atoms with Gasteiger partial charge in [0.1, 0.15) is 0 Å². The Kier molecular flexibility index (Phi) is 8.62. The zero-order valence-corrected chi connectivity index (χ0v) is 12.8. The Hall–Kier alpha value is -0.280. The molecule has 1 rings (SSSR count). The number of halogens is 1. The molecule has 1 amide bonds. The second-order valence-corrected chi connectivity index (χ2v) is 5.96. The van der Waals surface area contributed by atoms with Crippen LogP contribution < -0.4 is 5.73 Å². The van der Waals surface area contributed by atoms with Gasteiger partial charge in [-0.15, -0.1) is 12.4 Å². The van der Waals surface area contributed by atoms with E-state index in [1.54, 1.807) is 0 Å². The molecule has 1 aliphatic carbocycles. The molecule has 4 heteroatoms. The van der Waals surface area contributed by atoms with Crippen molar-refractivity contribution in [3.05, 3.63) is 0 Å². The molecular weight excluding hydrogens is 248 g/mol. The first-order chi connectivity index (χ1) is 8.00. The van der Waals surface area contributed by atoms with Crippen LogP contribution in [0.4, 0.5) is 0 Å². The third-order valence-electron chi connectivity index (χ3n) is 3.68. The highest BCUT2D eigenvalue weighted by Gasteiger charge is 2.22. The number of nitrogens with two attached hydrogens (primary N) is 1. The van der Waals surface area contributed by atoms with Crippen molar-refractivity contribution < 1.29 is 4.79 Å². The largest absolute Gasteiger partial charge is 0.344 e. The summed E-state index contributed by atoms with van der Waals surface area (Å²) in [5.74, 6) is 1.30. The minimum absolute atomic E-state index is 0. The average molecular weight is 277 g/mol. The summed E-state index contributed by atoms with van der Waals surface area (Å²) in [6.07, 6.45) is 7.35. The summed E-state index contributed by atoms with van der Waals surface area (Å²) < 4.78 is 0. The van der Waals surface area contributed by atoms with Crippen LogP contribution in [0, 0.1) is 11.8 Å². The quantitative estimate of drug-likeness (QED) is 0.839. The topological polar surface area (TPSA) is 46.3 Å². The van der Waals surface area contributed by atoms with Gasteiger partial charge in [-0.2, -0.15) is 0 Å². The van der Waals surface area contributed by atoms with Crippen molar-refractivity contribution in [1.82, 2.24) is 4.90 Å². The molecule has 0 aromatic heterocycles. The van der Waals surface area contributed by atoms with E-state index in [-0.39, 0.29) is 24.4 Å². The Morgan fingerprint density at radius 1 is 1.28 bits per heavy atom. The molecule has 0 saturated heterocycles. The fraction of sp³-hybridized carbons (Fsp3) is 0.929. The van der Waals surface area contributed by atoms with Gasteiger partial charge in [0.15, 0.2) is 0 Å². The van der Waals surface area contributed by atoms with Crippen LogP contribution in [-0.2, 0) is 4.79 Å². The third kappa shape index (κ3) is 6.05. The molecule has 0 radical (unpaired) electrons. The molecule has 1 saturated carbocycles. The molecule has 2 N–H and O–H groups in total. The van der Waals surface area contributed by atoms with Gasteiger partial charge < -0.3 is 10.6 Å². The number of likely N-dealkylation sites (N-methyl/N-ethyl adjacent to an activating group) is 1. The van der Waals surface area contributed by atoms with Gasteiger partial charge in [-0.1, -0.05) is 33.1 Å². The Morgan fingerprint density at radius 3 is 2.33 bits per heavy atom. The van der Waals surface area contributed by atoms with E-state index in [0.717, 1.165) is 13.0 Å². The van der Waals surface area contributed by atoms with Crippen LogP contribution in [0.3, 0.4) is 0 Å².